The summed E-state index contributed by atoms with van der Waals surface area (Å²) >= 11 is 0. The van der Waals surface area contributed by atoms with Crippen molar-refractivity contribution < 1.29 is 9.21 Å². The average molecular weight is 336 g/mol. The first-order valence-electron chi connectivity index (χ1n) is 8.64. The molecule has 0 aliphatic rings. The van der Waals surface area contributed by atoms with Gasteiger partial charge in [0.2, 0.25) is 5.91 Å². The number of carbonyl (C=O) groups excluding carboxylic acids is 1. The molecular weight excluding hydrogens is 312 g/mol. The number of aryl methyl sites for hydroxylation is 2. The van der Waals surface area contributed by atoms with E-state index in [0.717, 1.165) is 40.9 Å². The van der Waals surface area contributed by atoms with Gasteiger partial charge >= 0.3 is 0 Å². The van der Waals surface area contributed by atoms with Crippen molar-refractivity contribution in [1.82, 2.24) is 5.32 Å². The highest BCUT2D eigenvalue weighted by atomic mass is 16.3. The van der Waals surface area contributed by atoms with Crippen molar-refractivity contribution in [3.05, 3.63) is 64.9 Å². The van der Waals surface area contributed by atoms with Crippen LogP contribution in [0.5, 0.6) is 0 Å². The summed E-state index contributed by atoms with van der Waals surface area (Å²) in [5, 5.41) is 7.33. The summed E-state index contributed by atoms with van der Waals surface area (Å²) in [4.78, 5) is 12.5. The molecule has 130 valence electrons. The quantitative estimate of drug-likeness (QED) is 0.704. The van der Waals surface area contributed by atoms with Crippen LogP contribution in [-0.4, -0.2) is 12.5 Å². The Morgan fingerprint density at radius 1 is 1.08 bits per heavy atom. The molecule has 2 N–H and O–H groups in total. The molecule has 0 bridgehead atoms. The number of nitrogens with one attached hydrogen (secondary N) is 2. The Bertz CT molecular complexity index is 896. The van der Waals surface area contributed by atoms with E-state index in [1.807, 2.05) is 30.3 Å². The first-order valence-corrected chi connectivity index (χ1v) is 8.64. The maximum Gasteiger partial charge on any atom is 0.228 e. The molecule has 3 aromatic rings. The summed E-state index contributed by atoms with van der Waals surface area (Å²) in [6.45, 7) is 7.82. The summed E-state index contributed by atoms with van der Waals surface area (Å²) in [5.74, 6) is -0.0372. The molecule has 0 saturated heterocycles. The average Bonchev–Trinajstić information content (AvgIpc) is 2.96. The third-order valence-corrected chi connectivity index (χ3v) is 4.48. The fourth-order valence-corrected chi connectivity index (χ4v) is 2.90. The molecular formula is C21H24N2O2. The number of para-hydroxylation sites is 1. The highest BCUT2D eigenvalue weighted by Gasteiger charge is 2.13. The Morgan fingerprint density at radius 2 is 1.84 bits per heavy atom. The van der Waals surface area contributed by atoms with Gasteiger partial charge in [0.1, 0.15) is 5.58 Å². The zero-order chi connectivity index (χ0) is 17.8. The van der Waals surface area contributed by atoms with Crippen molar-refractivity contribution in [2.75, 3.05) is 11.9 Å². The number of hydrogen-bond donors (Lipinski definition) is 2. The van der Waals surface area contributed by atoms with Gasteiger partial charge in [0.15, 0.2) is 0 Å². The number of fused-ring (bicyclic) bond motifs is 1. The Morgan fingerprint density at radius 3 is 2.64 bits per heavy atom. The van der Waals surface area contributed by atoms with Crippen molar-refractivity contribution >= 4 is 22.6 Å². The predicted octanol–water partition coefficient (Wildman–Crippen LogP) is 4.34. The second-order valence-corrected chi connectivity index (χ2v) is 6.36. The number of hydrogen-bond acceptors (Lipinski definition) is 3. The number of amides is 1. The molecule has 4 nitrogen and oxygen atoms in total. The maximum atomic E-state index is 12.5. The van der Waals surface area contributed by atoms with Crippen LogP contribution in [0.4, 0.5) is 5.69 Å². The van der Waals surface area contributed by atoms with Gasteiger partial charge in [-0.25, -0.2) is 0 Å². The molecule has 2 aromatic carbocycles. The van der Waals surface area contributed by atoms with E-state index in [1.165, 1.54) is 11.1 Å². The lowest BCUT2D eigenvalue weighted by molar-refractivity contribution is -0.115. The summed E-state index contributed by atoms with van der Waals surface area (Å²) in [6, 6.07) is 12.0. The van der Waals surface area contributed by atoms with E-state index in [9.17, 15) is 4.79 Å². The molecule has 0 fully saturated rings. The lowest BCUT2D eigenvalue weighted by Gasteiger charge is -2.11. The predicted molar refractivity (Wildman–Crippen MR) is 102 cm³/mol. The molecule has 0 aliphatic heterocycles. The third kappa shape index (κ3) is 3.91. The second kappa shape index (κ2) is 7.53. The van der Waals surface area contributed by atoms with E-state index in [2.05, 4.69) is 37.5 Å². The third-order valence-electron chi connectivity index (χ3n) is 4.48. The second-order valence-electron chi connectivity index (χ2n) is 6.36. The van der Waals surface area contributed by atoms with Crippen molar-refractivity contribution in [2.24, 2.45) is 0 Å². The topological polar surface area (TPSA) is 54.3 Å². The number of benzene rings is 2. The van der Waals surface area contributed by atoms with Crippen LogP contribution in [0.1, 0.15) is 29.2 Å². The summed E-state index contributed by atoms with van der Waals surface area (Å²) < 4.78 is 5.62. The van der Waals surface area contributed by atoms with E-state index < -0.39 is 0 Å². The molecule has 25 heavy (non-hydrogen) atoms. The van der Waals surface area contributed by atoms with Crippen molar-refractivity contribution in [3.63, 3.8) is 0 Å². The smallest absolute Gasteiger partial charge is 0.228 e. The number of carbonyl (C=O) groups is 1. The lowest BCUT2D eigenvalue weighted by atomic mass is 10.0. The highest BCUT2D eigenvalue weighted by Crippen LogP contribution is 2.25. The molecule has 1 amide bonds. The van der Waals surface area contributed by atoms with Crippen LogP contribution in [0, 0.1) is 13.8 Å². The Balaban J connectivity index is 1.76. The Hall–Kier alpha value is -2.59. The van der Waals surface area contributed by atoms with E-state index in [0.29, 0.717) is 6.42 Å². The zero-order valence-electron chi connectivity index (χ0n) is 15.0. The normalized spacial score (nSPS) is 11.0. The molecule has 0 atom stereocenters. The standard InChI is InChI=1S/C21H24N2O2/c1-4-22-12-16-7-5-6-8-19(16)23-21(24)11-17-13-25-20-10-15(3)14(2)9-18(17)20/h5-10,13,22H,4,11-12H2,1-3H3,(H,23,24). The van der Waals surface area contributed by atoms with E-state index >= 15 is 0 Å². The van der Waals surface area contributed by atoms with Crippen LogP contribution in [-0.2, 0) is 17.8 Å². The van der Waals surface area contributed by atoms with Crippen LogP contribution in [0.15, 0.2) is 47.1 Å². The SMILES string of the molecule is CCNCc1ccccc1NC(=O)Cc1coc2cc(C)c(C)cc12. The minimum atomic E-state index is -0.0372. The van der Waals surface area contributed by atoms with Crippen molar-refractivity contribution in [1.29, 1.82) is 0 Å². The van der Waals surface area contributed by atoms with Crippen LogP contribution >= 0.6 is 0 Å². The van der Waals surface area contributed by atoms with Gasteiger partial charge in [-0.15, -0.1) is 0 Å². The minimum absolute atomic E-state index is 0.0372. The van der Waals surface area contributed by atoms with Crippen LogP contribution in [0.3, 0.4) is 0 Å². The zero-order valence-corrected chi connectivity index (χ0v) is 15.0. The maximum absolute atomic E-state index is 12.5. The summed E-state index contributed by atoms with van der Waals surface area (Å²) in [7, 11) is 0. The molecule has 0 saturated carbocycles. The summed E-state index contributed by atoms with van der Waals surface area (Å²) in [5.41, 5.74) is 6.08. The first kappa shape index (κ1) is 17.2. The van der Waals surface area contributed by atoms with Crippen LogP contribution in [0.2, 0.25) is 0 Å². The molecule has 0 aliphatic carbocycles. The monoisotopic (exact) mass is 336 g/mol. The van der Waals surface area contributed by atoms with E-state index in [4.69, 9.17) is 4.42 Å². The minimum Gasteiger partial charge on any atom is -0.464 e. The highest BCUT2D eigenvalue weighted by molar-refractivity contribution is 5.96. The molecule has 0 spiro atoms. The molecule has 4 heteroatoms. The number of rotatable bonds is 6. The molecule has 0 radical (unpaired) electrons. The largest absolute Gasteiger partial charge is 0.464 e. The first-order chi connectivity index (χ1) is 12.1. The fourth-order valence-electron chi connectivity index (χ4n) is 2.90. The lowest BCUT2D eigenvalue weighted by Crippen LogP contribution is -2.18. The van der Waals surface area contributed by atoms with Gasteiger partial charge in [0, 0.05) is 23.2 Å². The van der Waals surface area contributed by atoms with E-state index in [-0.39, 0.29) is 5.91 Å². The Labute approximate surface area is 148 Å². The van der Waals surface area contributed by atoms with Gasteiger partial charge in [-0.2, -0.15) is 0 Å². The summed E-state index contributed by atoms with van der Waals surface area (Å²) in [6.07, 6.45) is 1.98. The molecule has 1 heterocycles. The van der Waals surface area contributed by atoms with Crippen LogP contribution < -0.4 is 10.6 Å². The van der Waals surface area contributed by atoms with E-state index in [1.54, 1.807) is 6.26 Å². The number of furan rings is 1. The Kier molecular flexibility index (Phi) is 5.19. The van der Waals surface area contributed by atoms with Gasteiger partial charge in [0.25, 0.3) is 0 Å². The van der Waals surface area contributed by atoms with Crippen molar-refractivity contribution in [3.8, 4) is 0 Å². The number of anilines is 1. The van der Waals surface area contributed by atoms with Gasteiger partial charge in [-0.3, -0.25) is 4.79 Å². The van der Waals surface area contributed by atoms with Gasteiger partial charge in [-0.1, -0.05) is 25.1 Å². The van der Waals surface area contributed by atoms with Crippen LogP contribution in [0.25, 0.3) is 11.0 Å². The fraction of sp³-hybridized carbons (Fsp3) is 0.286. The molecule has 0 unspecified atom stereocenters. The van der Waals surface area contributed by atoms with Gasteiger partial charge < -0.3 is 15.1 Å². The van der Waals surface area contributed by atoms with Gasteiger partial charge in [-0.05, 0) is 55.3 Å². The molecule has 3 rings (SSSR count). The van der Waals surface area contributed by atoms with Crippen molar-refractivity contribution in [2.45, 2.75) is 33.7 Å². The van der Waals surface area contributed by atoms with Gasteiger partial charge in [0.05, 0.1) is 12.7 Å². The molecule has 1 aromatic heterocycles.